The summed E-state index contributed by atoms with van der Waals surface area (Å²) in [5.41, 5.74) is 2.23. The van der Waals surface area contributed by atoms with E-state index in [2.05, 4.69) is 40.3 Å². The number of pyridine rings is 1. The molecule has 8 nitrogen and oxygen atoms in total. The van der Waals surface area contributed by atoms with Gasteiger partial charge in [0, 0.05) is 49.2 Å². The molecule has 2 aromatic heterocycles. The van der Waals surface area contributed by atoms with E-state index in [1.807, 2.05) is 10.8 Å². The minimum Gasteiger partial charge on any atom is -0.393 e. The predicted molar refractivity (Wildman–Crippen MR) is 141 cm³/mol. The molecular weight excluding hydrogens is 454 g/mol. The number of benzene rings is 1. The van der Waals surface area contributed by atoms with Crippen molar-refractivity contribution in [2.45, 2.75) is 70.6 Å². The third-order valence-electron chi connectivity index (χ3n) is 8.69. The molecule has 36 heavy (non-hydrogen) atoms. The Balaban J connectivity index is 1.42. The second-order valence-electron chi connectivity index (χ2n) is 11.0. The Bertz CT molecular complexity index is 1300. The van der Waals surface area contributed by atoms with Crippen molar-refractivity contribution < 1.29 is 9.84 Å². The topological polar surface area (TPSA) is 92.5 Å². The molecule has 1 aromatic carbocycles. The highest BCUT2D eigenvalue weighted by molar-refractivity contribution is 6.04. The molecular formula is C28H37N5O3. The number of aliphatic hydroxyl groups excluding tert-OH is 1. The molecule has 3 aromatic rings. The first-order valence-electron chi connectivity index (χ1n) is 13.6. The van der Waals surface area contributed by atoms with Gasteiger partial charge in [-0.15, -0.1) is 0 Å². The molecule has 2 N–H and O–H groups in total. The van der Waals surface area contributed by atoms with E-state index >= 15 is 0 Å². The highest BCUT2D eigenvalue weighted by Gasteiger charge is 2.40. The van der Waals surface area contributed by atoms with Gasteiger partial charge >= 0.3 is 0 Å². The van der Waals surface area contributed by atoms with Gasteiger partial charge in [-0.05, 0) is 67.4 Å². The first-order chi connectivity index (χ1) is 17.5. The fourth-order valence-electron chi connectivity index (χ4n) is 5.93. The van der Waals surface area contributed by atoms with E-state index in [9.17, 15) is 9.90 Å². The van der Waals surface area contributed by atoms with Crippen LogP contribution in [0.2, 0.25) is 0 Å². The average Bonchev–Trinajstić information content (AvgIpc) is 3.70. The molecule has 8 heteroatoms. The molecule has 1 aliphatic heterocycles. The Hall–Kier alpha value is -2.55. The van der Waals surface area contributed by atoms with Gasteiger partial charge in [-0.1, -0.05) is 19.1 Å². The lowest BCUT2D eigenvalue weighted by molar-refractivity contribution is 0.0342. The number of morpholine rings is 1. The molecule has 3 heterocycles. The van der Waals surface area contributed by atoms with Gasteiger partial charge in [-0.2, -0.15) is 4.98 Å². The zero-order chi connectivity index (χ0) is 24.7. The lowest BCUT2D eigenvalue weighted by atomic mass is 9.92. The number of fused-ring (bicyclic) bond motifs is 3. The largest absolute Gasteiger partial charge is 0.393 e. The fourth-order valence-corrected chi connectivity index (χ4v) is 5.93. The standard InChI is InChI=1S/C28H37N5O3/c1-2-28(9-10-28)18-30-27-29-16-24-22-8-3-19(17-32-11-13-36-14-12-32)15-23(22)26(35)33(25(24)31-27)20-4-6-21(34)7-5-20/h3,8,15-16,20-21,34H,2,4-7,9-14,17-18H2,1H3,(H,29,30,31). The van der Waals surface area contributed by atoms with Crippen molar-refractivity contribution in [3.8, 4) is 0 Å². The summed E-state index contributed by atoms with van der Waals surface area (Å²) < 4.78 is 7.39. The Morgan fingerprint density at radius 3 is 2.61 bits per heavy atom. The number of anilines is 1. The highest BCUT2D eigenvalue weighted by atomic mass is 16.5. The molecule has 0 bridgehead atoms. The molecule has 1 saturated heterocycles. The van der Waals surface area contributed by atoms with Gasteiger partial charge < -0.3 is 15.2 Å². The number of nitrogens with one attached hydrogen (secondary N) is 1. The monoisotopic (exact) mass is 491 g/mol. The second-order valence-corrected chi connectivity index (χ2v) is 11.0. The zero-order valence-electron chi connectivity index (χ0n) is 21.2. The van der Waals surface area contributed by atoms with Crippen LogP contribution in [0.15, 0.2) is 29.2 Å². The van der Waals surface area contributed by atoms with Crippen molar-refractivity contribution in [1.82, 2.24) is 19.4 Å². The van der Waals surface area contributed by atoms with Crippen LogP contribution in [0.1, 0.15) is 63.5 Å². The third kappa shape index (κ3) is 4.62. The van der Waals surface area contributed by atoms with Crippen molar-refractivity contribution in [2.24, 2.45) is 5.41 Å². The lowest BCUT2D eigenvalue weighted by Crippen LogP contribution is -2.35. The molecule has 192 valence electrons. The van der Waals surface area contributed by atoms with E-state index < -0.39 is 0 Å². The van der Waals surface area contributed by atoms with Crippen LogP contribution in [0.4, 0.5) is 5.95 Å². The molecule has 0 unspecified atom stereocenters. The highest BCUT2D eigenvalue weighted by Crippen LogP contribution is 2.48. The number of rotatable bonds is 7. The van der Waals surface area contributed by atoms with Crippen LogP contribution in [-0.4, -0.2) is 63.5 Å². The van der Waals surface area contributed by atoms with E-state index in [-0.39, 0.29) is 17.7 Å². The summed E-state index contributed by atoms with van der Waals surface area (Å²) in [4.78, 5) is 26.0. The maximum atomic E-state index is 14.0. The van der Waals surface area contributed by atoms with Crippen molar-refractivity contribution in [1.29, 1.82) is 0 Å². The Morgan fingerprint density at radius 1 is 1.11 bits per heavy atom. The van der Waals surface area contributed by atoms with Crippen LogP contribution in [0.25, 0.3) is 21.8 Å². The molecule has 0 amide bonds. The number of aromatic nitrogens is 3. The minimum atomic E-state index is -0.278. The number of aliphatic hydroxyl groups is 1. The smallest absolute Gasteiger partial charge is 0.260 e. The summed E-state index contributed by atoms with van der Waals surface area (Å²) in [7, 11) is 0. The summed E-state index contributed by atoms with van der Waals surface area (Å²) in [6.07, 6.45) is 8.23. The molecule has 3 aliphatic rings. The number of nitrogens with zero attached hydrogens (tertiary/aromatic N) is 4. The van der Waals surface area contributed by atoms with E-state index in [0.29, 0.717) is 29.9 Å². The van der Waals surface area contributed by atoms with E-state index in [0.717, 1.165) is 80.4 Å². The van der Waals surface area contributed by atoms with Crippen LogP contribution in [-0.2, 0) is 11.3 Å². The average molecular weight is 492 g/mol. The number of hydrogen-bond acceptors (Lipinski definition) is 7. The van der Waals surface area contributed by atoms with Crippen LogP contribution in [0.5, 0.6) is 0 Å². The van der Waals surface area contributed by atoms with E-state index in [1.54, 1.807) is 0 Å². The van der Waals surface area contributed by atoms with Gasteiger partial charge in [0.2, 0.25) is 5.95 Å². The van der Waals surface area contributed by atoms with Gasteiger partial charge in [-0.25, -0.2) is 4.98 Å². The van der Waals surface area contributed by atoms with Crippen LogP contribution in [0, 0.1) is 5.41 Å². The Labute approximate surface area is 211 Å². The van der Waals surface area contributed by atoms with Crippen molar-refractivity contribution in [2.75, 3.05) is 38.2 Å². The summed E-state index contributed by atoms with van der Waals surface area (Å²) in [5.74, 6) is 0.592. The van der Waals surface area contributed by atoms with Gasteiger partial charge in [-0.3, -0.25) is 14.3 Å². The molecule has 0 radical (unpaired) electrons. The van der Waals surface area contributed by atoms with Crippen molar-refractivity contribution >= 4 is 27.8 Å². The third-order valence-corrected chi connectivity index (χ3v) is 8.69. The first kappa shape index (κ1) is 23.8. The fraction of sp³-hybridized carbons (Fsp3) is 0.607. The molecule has 2 aliphatic carbocycles. The SMILES string of the molecule is CCC1(CNc2ncc3c4ccc(CN5CCOCC5)cc4c(=O)n(C4CCC(O)CC4)c3n2)CC1. The lowest BCUT2D eigenvalue weighted by Gasteiger charge is -2.28. The normalized spacial score (nSPS) is 24.3. The van der Waals surface area contributed by atoms with Gasteiger partial charge in [0.05, 0.1) is 19.3 Å². The summed E-state index contributed by atoms with van der Waals surface area (Å²) in [6.45, 7) is 7.25. The van der Waals surface area contributed by atoms with Crippen LogP contribution >= 0.6 is 0 Å². The number of hydrogen-bond donors (Lipinski definition) is 2. The van der Waals surface area contributed by atoms with Gasteiger partial charge in [0.1, 0.15) is 5.65 Å². The summed E-state index contributed by atoms with van der Waals surface area (Å²) in [6, 6.07) is 6.29. The quantitative estimate of drug-likeness (QED) is 0.485. The van der Waals surface area contributed by atoms with E-state index in [4.69, 9.17) is 9.72 Å². The maximum absolute atomic E-state index is 14.0. The van der Waals surface area contributed by atoms with E-state index in [1.165, 1.54) is 12.8 Å². The Kier molecular flexibility index (Phi) is 6.44. The summed E-state index contributed by atoms with van der Waals surface area (Å²) >= 11 is 0. The molecule has 2 saturated carbocycles. The maximum Gasteiger partial charge on any atom is 0.260 e. The molecule has 0 spiro atoms. The molecule has 0 atom stereocenters. The van der Waals surface area contributed by atoms with Gasteiger partial charge in [0.15, 0.2) is 0 Å². The van der Waals surface area contributed by atoms with Crippen LogP contribution in [0.3, 0.4) is 0 Å². The molecule has 3 fully saturated rings. The minimum absolute atomic E-state index is 0.0135. The first-order valence-corrected chi connectivity index (χ1v) is 13.6. The number of ether oxygens (including phenoxy) is 1. The Morgan fingerprint density at radius 2 is 1.89 bits per heavy atom. The van der Waals surface area contributed by atoms with Crippen LogP contribution < -0.4 is 10.9 Å². The summed E-state index contributed by atoms with van der Waals surface area (Å²) in [5, 5.41) is 16.1. The zero-order valence-corrected chi connectivity index (χ0v) is 21.2. The van der Waals surface area contributed by atoms with Gasteiger partial charge in [0.25, 0.3) is 5.56 Å². The van der Waals surface area contributed by atoms with Crippen molar-refractivity contribution in [3.05, 3.63) is 40.3 Å². The second kappa shape index (κ2) is 9.72. The van der Waals surface area contributed by atoms with Crippen molar-refractivity contribution in [3.63, 3.8) is 0 Å². The predicted octanol–water partition coefficient (Wildman–Crippen LogP) is 3.86. The molecule has 6 rings (SSSR count).